The number of ether oxygens (including phenoxy) is 1. The molecular formula is C13H23N3O4. The third-order valence-corrected chi connectivity index (χ3v) is 2.93. The number of carbonyl (C=O) groups excluding carboxylic acids is 3. The molecule has 1 aliphatic heterocycles. The fourth-order valence-corrected chi connectivity index (χ4v) is 2.18. The predicted octanol–water partition coefficient (Wildman–Crippen LogP) is 0.378. The third-order valence-electron chi connectivity index (χ3n) is 2.93. The molecule has 1 rings (SSSR count). The second-order valence-corrected chi connectivity index (χ2v) is 5.89. The van der Waals surface area contributed by atoms with E-state index in [-0.39, 0.29) is 18.4 Å². The predicted molar refractivity (Wildman–Crippen MR) is 72.8 cm³/mol. The first-order chi connectivity index (χ1) is 9.19. The number of esters is 1. The fourth-order valence-electron chi connectivity index (χ4n) is 2.18. The van der Waals surface area contributed by atoms with Crippen LogP contribution < -0.4 is 11.1 Å². The van der Waals surface area contributed by atoms with Crippen LogP contribution in [0.4, 0.5) is 4.79 Å². The maximum atomic E-state index is 12.1. The first-order valence-corrected chi connectivity index (χ1v) is 6.75. The van der Waals surface area contributed by atoms with Gasteiger partial charge in [0.2, 0.25) is 5.91 Å². The number of nitrogens with one attached hydrogen (secondary N) is 1. The molecule has 0 radical (unpaired) electrons. The topological polar surface area (TPSA) is 102 Å². The first-order valence-electron chi connectivity index (χ1n) is 6.75. The zero-order valence-electron chi connectivity index (χ0n) is 12.3. The summed E-state index contributed by atoms with van der Waals surface area (Å²) in [5, 5.41) is 2.01. The van der Waals surface area contributed by atoms with Gasteiger partial charge in [0.15, 0.2) is 0 Å². The first kappa shape index (κ1) is 16.4. The van der Waals surface area contributed by atoms with Gasteiger partial charge < -0.3 is 10.5 Å². The second-order valence-electron chi connectivity index (χ2n) is 5.89. The number of hydrogen-bond acceptors (Lipinski definition) is 5. The van der Waals surface area contributed by atoms with Crippen LogP contribution in [0.1, 0.15) is 40.0 Å². The van der Waals surface area contributed by atoms with Crippen molar-refractivity contribution < 1.29 is 19.1 Å². The van der Waals surface area contributed by atoms with Crippen LogP contribution in [0.15, 0.2) is 0 Å². The van der Waals surface area contributed by atoms with Crippen LogP contribution in [0.25, 0.3) is 0 Å². The molecule has 3 N–H and O–H groups in total. The van der Waals surface area contributed by atoms with Crippen LogP contribution in [-0.4, -0.2) is 47.5 Å². The van der Waals surface area contributed by atoms with Crippen molar-refractivity contribution in [1.82, 2.24) is 10.2 Å². The Kier molecular flexibility index (Phi) is 5.50. The van der Waals surface area contributed by atoms with Gasteiger partial charge in [-0.3, -0.25) is 19.8 Å². The van der Waals surface area contributed by atoms with Gasteiger partial charge in [0.25, 0.3) is 0 Å². The number of carbonyl (C=O) groups is 3. The van der Waals surface area contributed by atoms with Gasteiger partial charge in [-0.2, -0.15) is 0 Å². The highest BCUT2D eigenvalue weighted by atomic mass is 16.6. The number of imide groups is 1. The maximum absolute atomic E-state index is 12.1. The minimum atomic E-state index is -0.861. The molecule has 0 aromatic carbocycles. The number of rotatable bonds is 4. The highest BCUT2D eigenvalue weighted by molar-refractivity contribution is 5.93. The molecule has 0 bridgehead atoms. The molecule has 1 saturated heterocycles. The second kappa shape index (κ2) is 6.69. The zero-order chi connectivity index (χ0) is 15.3. The Bertz CT molecular complexity index is 390. The molecule has 114 valence electrons. The molecule has 0 aromatic rings. The van der Waals surface area contributed by atoms with Crippen molar-refractivity contribution in [3.8, 4) is 0 Å². The van der Waals surface area contributed by atoms with Crippen molar-refractivity contribution >= 4 is 17.9 Å². The van der Waals surface area contributed by atoms with Crippen molar-refractivity contribution in [2.75, 3.05) is 13.1 Å². The lowest BCUT2D eigenvalue weighted by Gasteiger charge is -2.27. The van der Waals surface area contributed by atoms with Crippen LogP contribution in [-0.2, 0) is 14.3 Å². The van der Waals surface area contributed by atoms with Gasteiger partial charge in [-0.05, 0) is 40.2 Å². The van der Waals surface area contributed by atoms with E-state index in [1.54, 1.807) is 0 Å². The Balaban J connectivity index is 2.47. The molecule has 0 spiro atoms. The highest BCUT2D eigenvalue weighted by Gasteiger charge is 2.33. The summed E-state index contributed by atoms with van der Waals surface area (Å²) in [6.45, 7) is 6.62. The van der Waals surface area contributed by atoms with E-state index < -0.39 is 17.5 Å². The van der Waals surface area contributed by atoms with Gasteiger partial charge in [0.1, 0.15) is 11.6 Å². The van der Waals surface area contributed by atoms with Crippen LogP contribution in [0.5, 0.6) is 0 Å². The molecule has 3 amide bonds. The summed E-state index contributed by atoms with van der Waals surface area (Å²) in [6.07, 6.45) is 1.75. The van der Waals surface area contributed by atoms with Crippen molar-refractivity contribution in [3.05, 3.63) is 0 Å². The Morgan fingerprint density at radius 3 is 2.55 bits per heavy atom. The largest absolute Gasteiger partial charge is 0.459 e. The van der Waals surface area contributed by atoms with Gasteiger partial charge in [-0.1, -0.05) is 0 Å². The molecule has 0 unspecified atom stereocenters. The van der Waals surface area contributed by atoms with Gasteiger partial charge in [0.05, 0.1) is 0 Å². The molecular weight excluding hydrogens is 262 g/mol. The number of primary amides is 1. The van der Waals surface area contributed by atoms with E-state index in [4.69, 9.17) is 10.5 Å². The van der Waals surface area contributed by atoms with Crippen molar-refractivity contribution in [2.45, 2.75) is 51.7 Å². The van der Waals surface area contributed by atoms with Gasteiger partial charge in [-0.15, -0.1) is 0 Å². The van der Waals surface area contributed by atoms with E-state index in [0.717, 1.165) is 19.4 Å². The van der Waals surface area contributed by atoms with Crippen molar-refractivity contribution in [1.29, 1.82) is 0 Å². The summed E-state index contributed by atoms with van der Waals surface area (Å²) in [6, 6.07) is -1.17. The lowest BCUT2D eigenvalue weighted by molar-refractivity contribution is -0.160. The standard InChI is InChI=1S/C13H23N3O4/c1-13(2,3)20-11(18)9-5-4-7-16(9)8-6-10(17)15-12(14)19/h9H,4-8H2,1-3H3,(H3,14,15,17,19)/t9-/m0/s1. The number of likely N-dealkylation sites (tertiary alicyclic amines) is 1. The summed E-state index contributed by atoms with van der Waals surface area (Å²) in [7, 11) is 0. The molecule has 0 aromatic heterocycles. The van der Waals surface area contributed by atoms with Crippen molar-refractivity contribution in [3.63, 3.8) is 0 Å². The Morgan fingerprint density at radius 1 is 1.35 bits per heavy atom. The Morgan fingerprint density at radius 2 is 2.00 bits per heavy atom. The van der Waals surface area contributed by atoms with Gasteiger partial charge in [-0.25, -0.2) is 4.79 Å². The van der Waals surface area contributed by atoms with Crippen LogP contribution in [0.3, 0.4) is 0 Å². The van der Waals surface area contributed by atoms with Gasteiger partial charge in [0, 0.05) is 13.0 Å². The molecule has 0 saturated carbocycles. The smallest absolute Gasteiger partial charge is 0.323 e. The summed E-state index contributed by atoms with van der Waals surface area (Å²) in [4.78, 5) is 35.9. The Hall–Kier alpha value is -1.63. The number of nitrogens with two attached hydrogens (primary N) is 1. The van der Waals surface area contributed by atoms with Crippen molar-refractivity contribution in [2.24, 2.45) is 5.73 Å². The monoisotopic (exact) mass is 285 g/mol. The Labute approximate surface area is 118 Å². The molecule has 1 fully saturated rings. The normalized spacial score (nSPS) is 19.6. The van der Waals surface area contributed by atoms with E-state index in [0.29, 0.717) is 6.54 Å². The molecule has 1 heterocycles. The average molecular weight is 285 g/mol. The minimum absolute atomic E-state index is 0.127. The summed E-state index contributed by atoms with van der Waals surface area (Å²) < 4.78 is 5.37. The molecule has 20 heavy (non-hydrogen) atoms. The van der Waals surface area contributed by atoms with E-state index >= 15 is 0 Å². The van der Waals surface area contributed by atoms with E-state index in [1.807, 2.05) is 31.0 Å². The molecule has 7 heteroatoms. The lowest BCUT2D eigenvalue weighted by atomic mass is 10.1. The van der Waals surface area contributed by atoms with E-state index in [2.05, 4.69) is 0 Å². The minimum Gasteiger partial charge on any atom is -0.459 e. The molecule has 1 atom stereocenters. The fraction of sp³-hybridized carbons (Fsp3) is 0.769. The number of amides is 3. The highest BCUT2D eigenvalue weighted by Crippen LogP contribution is 2.21. The summed E-state index contributed by atoms with van der Waals surface area (Å²) >= 11 is 0. The summed E-state index contributed by atoms with van der Waals surface area (Å²) in [5.74, 6) is -0.697. The van der Waals surface area contributed by atoms with Crippen LogP contribution >= 0.6 is 0 Å². The SMILES string of the molecule is CC(C)(C)OC(=O)[C@@H]1CCCN1CCC(=O)NC(N)=O. The quantitative estimate of drug-likeness (QED) is 0.727. The zero-order valence-corrected chi connectivity index (χ0v) is 12.3. The maximum Gasteiger partial charge on any atom is 0.323 e. The summed E-state index contributed by atoms with van der Waals surface area (Å²) in [5.41, 5.74) is 4.34. The van der Waals surface area contributed by atoms with Crippen LogP contribution in [0.2, 0.25) is 0 Å². The molecule has 0 aliphatic carbocycles. The molecule has 1 aliphatic rings. The third kappa shape index (κ3) is 5.56. The van der Waals surface area contributed by atoms with Crippen LogP contribution in [0, 0.1) is 0 Å². The van der Waals surface area contributed by atoms with E-state index in [1.165, 1.54) is 0 Å². The van der Waals surface area contributed by atoms with E-state index in [9.17, 15) is 14.4 Å². The lowest BCUT2D eigenvalue weighted by Crippen LogP contribution is -2.42. The number of nitrogens with zero attached hydrogens (tertiary/aromatic N) is 1. The van der Waals surface area contributed by atoms with Gasteiger partial charge >= 0.3 is 12.0 Å². The number of hydrogen-bond donors (Lipinski definition) is 2. The average Bonchev–Trinajstić information content (AvgIpc) is 2.71. The molecule has 7 nitrogen and oxygen atoms in total. The number of urea groups is 1.